The molecular weight excluding hydrogens is 246 g/mol. The molecule has 1 aromatic rings. The summed E-state index contributed by atoms with van der Waals surface area (Å²) >= 11 is 0. The number of aliphatic carboxylic acids is 1. The molecule has 1 amide bonds. The lowest BCUT2D eigenvalue weighted by Gasteiger charge is -2.31. The maximum Gasteiger partial charge on any atom is 0.303 e. The summed E-state index contributed by atoms with van der Waals surface area (Å²) in [7, 11) is 1.81. The third kappa shape index (κ3) is 2.94. The van der Waals surface area contributed by atoms with Crippen molar-refractivity contribution < 1.29 is 14.7 Å². The van der Waals surface area contributed by atoms with Crippen molar-refractivity contribution in [3.05, 3.63) is 17.5 Å². The van der Waals surface area contributed by atoms with E-state index in [2.05, 4.69) is 5.10 Å². The molecule has 0 spiro atoms. The van der Waals surface area contributed by atoms with Crippen LogP contribution in [0.1, 0.15) is 35.3 Å². The van der Waals surface area contributed by atoms with Crippen LogP contribution in [0.3, 0.4) is 0 Å². The normalized spacial score (nSPS) is 16.6. The van der Waals surface area contributed by atoms with Crippen molar-refractivity contribution in [2.24, 2.45) is 13.0 Å². The molecule has 0 aliphatic carbocycles. The van der Waals surface area contributed by atoms with Gasteiger partial charge in [-0.1, -0.05) is 0 Å². The molecule has 1 saturated heterocycles. The fourth-order valence-corrected chi connectivity index (χ4v) is 2.47. The second kappa shape index (κ2) is 5.42. The maximum absolute atomic E-state index is 12.3. The minimum atomic E-state index is -0.757. The zero-order chi connectivity index (χ0) is 14.0. The Labute approximate surface area is 112 Å². The monoisotopic (exact) mass is 265 g/mol. The van der Waals surface area contributed by atoms with Crippen LogP contribution >= 0.6 is 0 Å². The van der Waals surface area contributed by atoms with E-state index >= 15 is 0 Å². The van der Waals surface area contributed by atoms with E-state index in [9.17, 15) is 9.59 Å². The zero-order valence-electron chi connectivity index (χ0n) is 11.3. The molecule has 0 aromatic carbocycles. The quantitative estimate of drug-likeness (QED) is 0.886. The highest BCUT2D eigenvalue weighted by atomic mass is 16.4. The third-order valence-corrected chi connectivity index (χ3v) is 3.83. The average molecular weight is 265 g/mol. The fraction of sp³-hybridized carbons (Fsp3) is 0.615. The Kier molecular flexibility index (Phi) is 3.87. The number of piperidine rings is 1. The van der Waals surface area contributed by atoms with Crippen molar-refractivity contribution >= 4 is 11.9 Å². The number of amides is 1. The Bertz CT molecular complexity index is 487. The number of hydrogen-bond acceptors (Lipinski definition) is 3. The first-order valence-electron chi connectivity index (χ1n) is 6.48. The molecule has 1 N–H and O–H groups in total. The van der Waals surface area contributed by atoms with E-state index in [0.717, 1.165) is 18.5 Å². The summed E-state index contributed by atoms with van der Waals surface area (Å²) in [5, 5.41) is 12.8. The van der Waals surface area contributed by atoms with Gasteiger partial charge in [-0.3, -0.25) is 14.3 Å². The number of carbonyl (C=O) groups is 2. The summed E-state index contributed by atoms with van der Waals surface area (Å²) in [5.41, 5.74) is 1.50. The van der Waals surface area contributed by atoms with Crippen LogP contribution in [-0.4, -0.2) is 44.8 Å². The van der Waals surface area contributed by atoms with Gasteiger partial charge in [0.2, 0.25) is 0 Å². The number of hydrogen-bond donors (Lipinski definition) is 1. The van der Waals surface area contributed by atoms with Crippen LogP contribution in [0.2, 0.25) is 0 Å². The highest BCUT2D eigenvalue weighted by Gasteiger charge is 2.26. The predicted molar refractivity (Wildman–Crippen MR) is 68.8 cm³/mol. The summed E-state index contributed by atoms with van der Waals surface area (Å²) in [4.78, 5) is 24.8. The third-order valence-electron chi connectivity index (χ3n) is 3.83. The van der Waals surface area contributed by atoms with Gasteiger partial charge in [0.25, 0.3) is 5.91 Å². The lowest BCUT2D eigenvalue weighted by atomic mass is 9.93. The zero-order valence-corrected chi connectivity index (χ0v) is 11.3. The van der Waals surface area contributed by atoms with Crippen LogP contribution in [0.5, 0.6) is 0 Å². The Morgan fingerprint density at radius 2 is 2.05 bits per heavy atom. The van der Waals surface area contributed by atoms with Crippen LogP contribution in [-0.2, 0) is 11.8 Å². The Hall–Kier alpha value is -1.85. The van der Waals surface area contributed by atoms with Crippen molar-refractivity contribution in [3.63, 3.8) is 0 Å². The molecule has 0 bridgehead atoms. The molecule has 2 rings (SSSR count). The average Bonchev–Trinajstić information content (AvgIpc) is 2.69. The van der Waals surface area contributed by atoms with E-state index in [-0.39, 0.29) is 18.2 Å². The molecule has 0 atom stereocenters. The number of carboxylic acid groups (broad SMARTS) is 1. The molecule has 1 fully saturated rings. The summed E-state index contributed by atoms with van der Waals surface area (Å²) in [6.07, 6.45) is 3.32. The van der Waals surface area contributed by atoms with Crippen LogP contribution < -0.4 is 0 Å². The minimum Gasteiger partial charge on any atom is -0.481 e. The summed E-state index contributed by atoms with van der Waals surface area (Å²) in [6, 6.07) is 0. The topological polar surface area (TPSA) is 75.4 Å². The molecular formula is C13H19N3O3. The van der Waals surface area contributed by atoms with Crippen molar-refractivity contribution in [1.29, 1.82) is 0 Å². The molecule has 6 heteroatoms. The number of aromatic nitrogens is 2. The lowest BCUT2D eigenvalue weighted by molar-refractivity contribution is -0.138. The van der Waals surface area contributed by atoms with Gasteiger partial charge in [0.05, 0.1) is 11.8 Å². The molecule has 1 aromatic heterocycles. The number of nitrogens with zero attached hydrogens (tertiary/aromatic N) is 3. The summed E-state index contributed by atoms with van der Waals surface area (Å²) in [5.74, 6) is -0.566. The van der Waals surface area contributed by atoms with Gasteiger partial charge in [0.15, 0.2) is 0 Å². The first kappa shape index (κ1) is 13.6. The van der Waals surface area contributed by atoms with Gasteiger partial charge in [0.1, 0.15) is 0 Å². The van der Waals surface area contributed by atoms with Gasteiger partial charge in [-0.05, 0) is 25.7 Å². The SMILES string of the molecule is Cc1c(C(=O)N2CCC(CC(=O)O)CC2)cnn1C. The molecule has 1 aliphatic rings. The smallest absolute Gasteiger partial charge is 0.303 e. The number of rotatable bonds is 3. The number of likely N-dealkylation sites (tertiary alicyclic amines) is 1. The van der Waals surface area contributed by atoms with Gasteiger partial charge < -0.3 is 10.0 Å². The van der Waals surface area contributed by atoms with Crippen LogP contribution in [0.15, 0.2) is 6.20 Å². The molecule has 0 saturated carbocycles. The van der Waals surface area contributed by atoms with Crippen molar-refractivity contribution in [1.82, 2.24) is 14.7 Å². The van der Waals surface area contributed by atoms with Gasteiger partial charge in [-0.25, -0.2) is 0 Å². The Balaban J connectivity index is 1.96. The van der Waals surface area contributed by atoms with E-state index in [1.165, 1.54) is 0 Å². The van der Waals surface area contributed by atoms with Gasteiger partial charge in [0, 0.05) is 32.3 Å². The number of carbonyl (C=O) groups excluding carboxylic acids is 1. The largest absolute Gasteiger partial charge is 0.481 e. The number of aryl methyl sites for hydroxylation is 1. The highest BCUT2D eigenvalue weighted by Crippen LogP contribution is 2.22. The Morgan fingerprint density at radius 1 is 1.42 bits per heavy atom. The minimum absolute atomic E-state index is 0.000579. The molecule has 0 unspecified atom stereocenters. The van der Waals surface area contributed by atoms with E-state index in [4.69, 9.17) is 5.11 Å². The van der Waals surface area contributed by atoms with Gasteiger partial charge in [-0.15, -0.1) is 0 Å². The van der Waals surface area contributed by atoms with Crippen molar-refractivity contribution in [2.75, 3.05) is 13.1 Å². The van der Waals surface area contributed by atoms with Gasteiger partial charge in [-0.2, -0.15) is 5.10 Å². The summed E-state index contributed by atoms with van der Waals surface area (Å²) < 4.78 is 1.68. The summed E-state index contributed by atoms with van der Waals surface area (Å²) in [6.45, 7) is 3.13. The van der Waals surface area contributed by atoms with Crippen LogP contribution in [0.25, 0.3) is 0 Å². The van der Waals surface area contributed by atoms with Gasteiger partial charge >= 0.3 is 5.97 Å². The molecule has 104 valence electrons. The second-order valence-electron chi connectivity index (χ2n) is 5.10. The number of carboxylic acids is 1. The predicted octanol–water partition coefficient (Wildman–Crippen LogP) is 1.06. The van der Waals surface area contributed by atoms with Crippen LogP contribution in [0, 0.1) is 12.8 Å². The standard InChI is InChI=1S/C13H19N3O3/c1-9-11(8-14-15(9)2)13(19)16-5-3-10(4-6-16)7-12(17)18/h8,10H,3-7H2,1-2H3,(H,17,18). The second-order valence-corrected chi connectivity index (χ2v) is 5.10. The van der Waals surface area contributed by atoms with E-state index < -0.39 is 5.97 Å². The molecule has 1 aliphatic heterocycles. The van der Waals surface area contributed by atoms with E-state index in [0.29, 0.717) is 18.7 Å². The molecule has 6 nitrogen and oxygen atoms in total. The van der Waals surface area contributed by atoms with E-state index in [1.54, 1.807) is 15.8 Å². The first-order chi connectivity index (χ1) is 8.99. The fourth-order valence-electron chi connectivity index (χ4n) is 2.47. The molecule has 2 heterocycles. The molecule has 19 heavy (non-hydrogen) atoms. The van der Waals surface area contributed by atoms with Crippen molar-refractivity contribution in [3.8, 4) is 0 Å². The first-order valence-corrected chi connectivity index (χ1v) is 6.48. The molecule has 0 radical (unpaired) electrons. The lowest BCUT2D eigenvalue weighted by Crippen LogP contribution is -2.39. The van der Waals surface area contributed by atoms with Crippen molar-refractivity contribution in [2.45, 2.75) is 26.2 Å². The van der Waals surface area contributed by atoms with E-state index in [1.807, 2.05) is 14.0 Å². The Morgan fingerprint density at radius 3 is 2.53 bits per heavy atom. The maximum atomic E-state index is 12.3. The highest BCUT2D eigenvalue weighted by molar-refractivity contribution is 5.95. The van der Waals surface area contributed by atoms with Crippen LogP contribution in [0.4, 0.5) is 0 Å².